The maximum Gasteiger partial charge on any atom is 0.119 e. The van der Waals surface area contributed by atoms with Crippen LogP contribution >= 0.6 is 15.9 Å². The molecule has 1 heterocycles. The van der Waals surface area contributed by atoms with Gasteiger partial charge >= 0.3 is 0 Å². The van der Waals surface area contributed by atoms with E-state index in [0.717, 1.165) is 28.4 Å². The molecule has 3 rings (SSSR count). The molecule has 3 aromatic rings. The van der Waals surface area contributed by atoms with Gasteiger partial charge in [-0.2, -0.15) is 5.10 Å². The maximum atomic E-state index is 5.24. The number of alkyl halides is 1. The van der Waals surface area contributed by atoms with Gasteiger partial charge in [-0.1, -0.05) is 45.8 Å². The summed E-state index contributed by atoms with van der Waals surface area (Å²) in [5.74, 6) is 0.840. The zero-order valence-corrected chi connectivity index (χ0v) is 15.0. The fourth-order valence-electron chi connectivity index (χ4n) is 2.44. The molecule has 0 aliphatic carbocycles. The van der Waals surface area contributed by atoms with Gasteiger partial charge in [0, 0.05) is 5.56 Å². The highest BCUT2D eigenvalue weighted by molar-refractivity contribution is 9.09. The molecule has 0 aliphatic rings. The molecular formula is C19H19BrN2O. The maximum absolute atomic E-state index is 5.24. The molecule has 0 bridgehead atoms. The van der Waals surface area contributed by atoms with Crippen molar-refractivity contribution in [1.29, 1.82) is 0 Å². The third-order valence-electron chi connectivity index (χ3n) is 3.80. The minimum Gasteiger partial charge on any atom is -0.497 e. The summed E-state index contributed by atoms with van der Waals surface area (Å²) in [7, 11) is 1.67. The van der Waals surface area contributed by atoms with Gasteiger partial charge in [0.15, 0.2) is 0 Å². The van der Waals surface area contributed by atoms with E-state index in [1.54, 1.807) is 7.11 Å². The van der Waals surface area contributed by atoms with Crippen LogP contribution in [0.3, 0.4) is 0 Å². The number of hydrogen-bond acceptors (Lipinski definition) is 2. The minimum absolute atomic E-state index is 0.200. The summed E-state index contributed by atoms with van der Waals surface area (Å²) in [6.07, 6.45) is 0. The molecule has 0 fully saturated rings. The lowest BCUT2D eigenvalue weighted by Crippen LogP contribution is -2.00. The van der Waals surface area contributed by atoms with E-state index >= 15 is 0 Å². The Labute approximate surface area is 145 Å². The van der Waals surface area contributed by atoms with Crippen LogP contribution in [0, 0.1) is 6.92 Å². The molecule has 0 aliphatic heterocycles. The Morgan fingerprint density at radius 3 is 2.26 bits per heavy atom. The first-order valence-corrected chi connectivity index (χ1v) is 8.45. The lowest BCUT2D eigenvalue weighted by atomic mass is 10.1. The topological polar surface area (TPSA) is 27.1 Å². The van der Waals surface area contributed by atoms with Crippen molar-refractivity contribution in [3.63, 3.8) is 0 Å². The second-order valence-corrected chi connectivity index (χ2v) is 6.92. The van der Waals surface area contributed by atoms with Gasteiger partial charge in [0.05, 0.1) is 29.0 Å². The van der Waals surface area contributed by atoms with Crippen LogP contribution in [0.2, 0.25) is 0 Å². The summed E-state index contributed by atoms with van der Waals surface area (Å²) in [4.78, 5) is 0.200. The lowest BCUT2D eigenvalue weighted by Gasteiger charge is -2.09. The van der Waals surface area contributed by atoms with E-state index in [0.29, 0.717) is 0 Å². The largest absolute Gasteiger partial charge is 0.497 e. The highest BCUT2D eigenvalue weighted by Crippen LogP contribution is 2.29. The van der Waals surface area contributed by atoms with Crippen molar-refractivity contribution in [3.8, 4) is 22.7 Å². The van der Waals surface area contributed by atoms with Gasteiger partial charge in [0.2, 0.25) is 0 Å². The highest BCUT2D eigenvalue weighted by Gasteiger charge is 2.14. The van der Waals surface area contributed by atoms with Gasteiger partial charge < -0.3 is 4.74 Å². The van der Waals surface area contributed by atoms with E-state index in [4.69, 9.17) is 9.84 Å². The number of rotatable bonds is 4. The molecule has 0 amide bonds. The quantitative estimate of drug-likeness (QED) is 0.581. The fourth-order valence-corrected chi connectivity index (χ4v) is 2.67. The van der Waals surface area contributed by atoms with Gasteiger partial charge in [-0.3, -0.25) is 0 Å². The number of methoxy groups -OCH3 is 1. The fraction of sp³-hybridized carbons (Fsp3) is 0.211. The van der Waals surface area contributed by atoms with Crippen LogP contribution in [0.1, 0.15) is 23.0 Å². The molecule has 118 valence electrons. The Morgan fingerprint density at radius 1 is 1.04 bits per heavy atom. The number of ether oxygens (including phenoxy) is 1. The van der Waals surface area contributed by atoms with E-state index in [-0.39, 0.29) is 4.83 Å². The smallest absolute Gasteiger partial charge is 0.119 e. The molecule has 0 saturated carbocycles. The summed E-state index contributed by atoms with van der Waals surface area (Å²) in [6, 6.07) is 18.6. The predicted octanol–water partition coefficient (Wildman–Crippen LogP) is 5.31. The molecule has 23 heavy (non-hydrogen) atoms. The van der Waals surface area contributed by atoms with Gasteiger partial charge in [0.1, 0.15) is 5.75 Å². The summed E-state index contributed by atoms with van der Waals surface area (Å²) in [5, 5.41) is 4.76. The molecule has 0 N–H and O–H groups in total. The minimum atomic E-state index is 0.200. The van der Waals surface area contributed by atoms with Crippen LogP contribution in [-0.4, -0.2) is 16.9 Å². The van der Waals surface area contributed by atoms with E-state index in [9.17, 15) is 0 Å². The number of hydrogen-bond donors (Lipinski definition) is 0. The normalized spacial score (nSPS) is 12.2. The number of nitrogens with zero attached hydrogens (tertiary/aromatic N) is 2. The molecule has 3 nitrogen and oxygen atoms in total. The molecule has 2 aromatic carbocycles. The Kier molecular flexibility index (Phi) is 4.53. The molecule has 1 atom stereocenters. The Balaban J connectivity index is 2.12. The van der Waals surface area contributed by atoms with Crippen LogP contribution < -0.4 is 4.74 Å². The number of benzene rings is 2. The van der Waals surface area contributed by atoms with Gasteiger partial charge in [0.25, 0.3) is 0 Å². The molecule has 1 aromatic heterocycles. The van der Waals surface area contributed by atoms with Crippen molar-refractivity contribution in [2.24, 2.45) is 0 Å². The van der Waals surface area contributed by atoms with Crippen molar-refractivity contribution in [3.05, 3.63) is 65.9 Å². The van der Waals surface area contributed by atoms with Gasteiger partial charge in [-0.25, -0.2) is 4.68 Å². The predicted molar refractivity (Wildman–Crippen MR) is 97.6 cm³/mol. The average Bonchev–Trinajstić information content (AvgIpc) is 3.01. The van der Waals surface area contributed by atoms with E-state index < -0.39 is 0 Å². The Morgan fingerprint density at radius 2 is 1.70 bits per heavy atom. The summed E-state index contributed by atoms with van der Waals surface area (Å²) < 4.78 is 7.22. The SMILES string of the molecule is COc1ccc(-n2nc(C(C)Br)cc2-c2ccc(C)cc2)cc1. The molecule has 4 heteroatoms. The molecule has 0 saturated heterocycles. The Bertz CT molecular complexity index is 789. The third-order valence-corrected chi connectivity index (χ3v) is 4.27. The van der Waals surface area contributed by atoms with Crippen LogP contribution in [0.25, 0.3) is 16.9 Å². The molecule has 0 radical (unpaired) electrons. The molecular weight excluding hydrogens is 352 g/mol. The first-order chi connectivity index (χ1) is 11.1. The number of aromatic nitrogens is 2. The number of aryl methyl sites for hydroxylation is 1. The zero-order chi connectivity index (χ0) is 16.4. The number of halogens is 1. The first kappa shape index (κ1) is 15.8. The van der Waals surface area contributed by atoms with Crippen LogP contribution in [-0.2, 0) is 0 Å². The van der Waals surface area contributed by atoms with E-state index in [1.807, 2.05) is 28.9 Å². The van der Waals surface area contributed by atoms with Gasteiger partial charge in [-0.05, 0) is 44.2 Å². The van der Waals surface area contributed by atoms with Crippen molar-refractivity contribution in [1.82, 2.24) is 9.78 Å². The lowest BCUT2D eigenvalue weighted by molar-refractivity contribution is 0.414. The standard InChI is InChI=1S/C19H19BrN2O/c1-13-4-6-15(7-5-13)19-12-18(14(2)20)21-22(19)16-8-10-17(23-3)11-9-16/h4-12,14H,1-3H3. The summed E-state index contributed by atoms with van der Waals surface area (Å²) in [6.45, 7) is 4.18. The van der Waals surface area contributed by atoms with E-state index in [2.05, 4.69) is 60.1 Å². The van der Waals surface area contributed by atoms with Crippen molar-refractivity contribution in [2.75, 3.05) is 7.11 Å². The van der Waals surface area contributed by atoms with Crippen molar-refractivity contribution < 1.29 is 4.74 Å². The molecule has 1 unspecified atom stereocenters. The van der Waals surface area contributed by atoms with Crippen LogP contribution in [0.5, 0.6) is 5.75 Å². The van der Waals surface area contributed by atoms with Crippen LogP contribution in [0.15, 0.2) is 54.6 Å². The highest BCUT2D eigenvalue weighted by atomic mass is 79.9. The second kappa shape index (κ2) is 6.59. The zero-order valence-electron chi connectivity index (χ0n) is 13.5. The average molecular weight is 371 g/mol. The van der Waals surface area contributed by atoms with Gasteiger partial charge in [-0.15, -0.1) is 0 Å². The van der Waals surface area contributed by atoms with Crippen molar-refractivity contribution in [2.45, 2.75) is 18.7 Å². The Hall–Kier alpha value is -2.07. The second-order valence-electron chi connectivity index (χ2n) is 5.55. The first-order valence-electron chi connectivity index (χ1n) is 7.54. The molecule has 0 spiro atoms. The summed E-state index contributed by atoms with van der Waals surface area (Å²) in [5.41, 5.74) is 5.50. The van der Waals surface area contributed by atoms with Crippen LogP contribution in [0.4, 0.5) is 0 Å². The van der Waals surface area contributed by atoms with E-state index in [1.165, 1.54) is 5.56 Å². The summed E-state index contributed by atoms with van der Waals surface area (Å²) >= 11 is 3.61. The van der Waals surface area contributed by atoms with Crippen molar-refractivity contribution >= 4 is 15.9 Å². The monoisotopic (exact) mass is 370 g/mol. The third kappa shape index (κ3) is 3.32.